The molecule has 1 aliphatic carbocycles. The van der Waals surface area contributed by atoms with Gasteiger partial charge in [-0.15, -0.1) is 0 Å². The van der Waals surface area contributed by atoms with Crippen LogP contribution in [0.15, 0.2) is 42.5 Å². The number of nitrogens with one attached hydrogen (secondary N) is 1. The second-order valence-corrected chi connectivity index (χ2v) is 8.41. The number of amides is 1. The Morgan fingerprint density at radius 3 is 2.84 bits per heavy atom. The molecule has 1 amide bonds. The number of rotatable bonds is 7. The minimum Gasteiger partial charge on any atom is -0.484 e. The first-order valence-corrected chi connectivity index (χ1v) is 11.0. The van der Waals surface area contributed by atoms with E-state index in [-0.39, 0.29) is 24.4 Å². The molecule has 2 atom stereocenters. The smallest absolute Gasteiger partial charge is 0.326 e. The molecule has 0 bridgehead atoms. The first kappa shape index (κ1) is 22.1. The average molecular weight is 459 g/mol. The lowest BCUT2D eigenvalue weighted by Gasteiger charge is -2.26. The largest absolute Gasteiger partial charge is 0.484 e. The van der Waals surface area contributed by atoms with Crippen molar-refractivity contribution in [3.63, 3.8) is 0 Å². The zero-order valence-corrected chi connectivity index (χ0v) is 18.4. The lowest BCUT2D eigenvalue weighted by Crippen LogP contribution is -2.41. The van der Waals surface area contributed by atoms with Gasteiger partial charge < -0.3 is 19.7 Å². The van der Waals surface area contributed by atoms with E-state index in [4.69, 9.17) is 16.3 Å². The second-order valence-electron chi connectivity index (χ2n) is 7.97. The van der Waals surface area contributed by atoms with E-state index in [1.807, 2.05) is 11.5 Å². The van der Waals surface area contributed by atoms with Gasteiger partial charge in [-0.05, 0) is 67.6 Å². The first-order valence-electron chi connectivity index (χ1n) is 10.6. The molecule has 0 saturated carbocycles. The van der Waals surface area contributed by atoms with Crippen molar-refractivity contribution in [3.05, 3.63) is 64.6 Å². The standard InChI is InChI=1S/C24H24ClFN2O4/c1-2-20(24(30)31)28-21-8-6-15(26)11-18(21)19-12-16(7-9-22(19)28)27-23(29)13-32-17-5-3-4-14(25)10-17/h3-6,8,10-11,16,20H,2,7,9,12-13H2,1H3,(H,27,29)(H,30,31). The Kier molecular flexibility index (Phi) is 6.37. The fraction of sp³-hybridized carbons (Fsp3) is 0.333. The normalized spacial score (nSPS) is 16.4. The number of hydrogen-bond donors (Lipinski definition) is 2. The highest BCUT2D eigenvalue weighted by Gasteiger charge is 2.31. The second kappa shape index (κ2) is 9.20. The Labute approximate surface area is 189 Å². The fourth-order valence-electron chi connectivity index (χ4n) is 4.49. The zero-order valence-electron chi connectivity index (χ0n) is 17.6. The van der Waals surface area contributed by atoms with Crippen LogP contribution in [0.5, 0.6) is 5.75 Å². The molecule has 168 valence electrons. The maximum atomic E-state index is 14.0. The molecule has 2 N–H and O–H groups in total. The van der Waals surface area contributed by atoms with Crippen LogP contribution in [0.1, 0.15) is 37.1 Å². The van der Waals surface area contributed by atoms with Crippen molar-refractivity contribution in [2.45, 2.75) is 44.7 Å². The quantitative estimate of drug-likeness (QED) is 0.545. The van der Waals surface area contributed by atoms with Crippen LogP contribution in [-0.2, 0) is 22.4 Å². The van der Waals surface area contributed by atoms with Crippen LogP contribution >= 0.6 is 11.6 Å². The molecule has 0 saturated heterocycles. The van der Waals surface area contributed by atoms with Crippen molar-refractivity contribution < 1.29 is 23.8 Å². The number of fused-ring (bicyclic) bond motifs is 3. The average Bonchev–Trinajstić information content (AvgIpc) is 3.06. The molecule has 0 radical (unpaired) electrons. The van der Waals surface area contributed by atoms with Crippen LogP contribution in [0.25, 0.3) is 10.9 Å². The highest BCUT2D eigenvalue weighted by Crippen LogP contribution is 2.36. The number of ether oxygens (including phenoxy) is 1. The molecule has 8 heteroatoms. The van der Waals surface area contributed by atoms with Crippen molar-refractivity contribution >= 4 is 34.4 Å². The van der Waals surface area contributed by atoms with E-state index in [2.05, 4.69) is 5.32 Å². The highest BCUT2D eigenvalue weighted by atomic mass is 35.5. The Morgan fingerprint density at radius 2 is 2.12 bits per heavy atom. The van der Waals surface area contributed by atoms with Crippen LogP contribution < -0.4 is 10.1 Å². The summed E-state index contributed by atoms with van der Waals surface area (Å²) in [5.41, 5.74) is 2.51. The van der Waals surface area contributed by atoms with E-state index >= 15 is 0 Å². The van der Waals surface area contributed by atoms with Gasteiger partial charge in [-0.1, -0.05) is 24.6 Å². The summed E-state index contributed by atoms with van der Waals surface area (Å²) < 4.78 is 21.4. The summed E-state index contributed by atoms with van der Waals surface area (Å²) in [4.78, 5) is 24.3. The van der Waals surface area contributed by atoms with Crippen LogP contribution in [0.3, 0.4) is 0 Å². The summed E-state index contributed by atoms with van der Waals surface area (Å²) >= 11 is 5.93. The Morgan fingerprint density at radius 1 is 1.31 bits per heavy atom. The molecule has 32 heavy (non-hydrogen) atoms. The summed E-state index contributed by atoms with van der Waals surface area (Å²) in [5, 5.41) is 13.9. The van der Waals surface area contributed by atoms with Gasteiger partial charge in [-0.25, -0.2) is 9.18 Å². The van der Waals surface area contributed by atoms with Gasteiger partial charge in [0.25, 0.3) is 5.91 Å². The number of carboxylic acids is 1. The van der Waals surface area contributed by atoms with E-state index in [1.165, 1.54) is 12.1 Å². The molecular weight excluding hydrogens is 435 g/mol. The number of benzene rings is 2. The topological polar surface area (TPSA) is 80.6 Å². The van der Waals surface area contributed by atoms with Crippen molar-refractivity contribution in [2.24, 2.45) is 0 Å². The Bertz CT molecular complexity index is 1180. The fourth-order valence-corrected chi connectivity index (χ4v) is 4.67. The maximum Gasteiger partial charge on any atom is 0.326 e. The number of aliphatic carboxylic acids is 1. The number of halogens is 2. The SMILES string of the molecule is CCC(C(=O)O)n1c2c(c3cc(F)ccc31)CC(NC(=O)COc1cccc(Cl)c1)CC2. The lowest BCUT2D eigenvalue weighted by atomic mass is 9.91. The van der Waals surface area contributed by atoms with Gasteiger partial charge in [0.1, 0.15) is 17.6 Å². The van der Waals surface area contributed by atoms with Gasteiger partial charge >= 0.3 is 5.97 Å². The highest BCUT2D eigenvalue weighted by molar-refractivity contribution is 6.30. The number of aromatic nitrogens is 1. The summed E-state index contributed by atoms with van der Waals surface area (Å²) in [5.74, 6) is -1.03. The third-order valence-corrected chi connectivity index (χ3v) is 6.11. The lowest BCUT2D eigenvalue weighted by molar-refractivity contribution is -0.141. The van der Waals surface area contributed by atoms with Crippen LogP contribution in [0.4, 0.5) is 4.39 Å². The predicted octanol–water partition coefficient (Wildman–Crippen LogP) is 4.52. The summed E-state index contributed by atoms with van der Waals surface area (Å²) in [6.07, 6.45) is 2.17. The van der Waals surface area contributed by atoms with Crippen molar-refractivity contribution in [1.82, 2.24) is 9.88 Å². The van der Waals surface area contributed by atoms with Gasteiger partial charge in [-0.3, -0.25) is 4.79 Å². The van der Waals surface area contributed by atoms with Gasteiger partial charge in [0.2, 0.25) is 0 Å². The molecule has 0 spiro atoms. The molecule has 6 nitrogen and oxygen atoms in total. The van der Waals surface area contributed by atoms with Crippen LogP contribution in [0, 0.1) is 5.82 Å². The van der Waals surface area contributed by atoms with E-state index < -0.39 is 12.0 Å². The summed E-state index contributed by atoms with van der Waals surface area (Å²) in [6, 6.07) is 10.4. The molecule has 0 aliphatic heterocycles. The van der Waals surface area contributed by atoms with Gasteiger partial charge in [-0.2, -0.15) is 0 Å². The third kappa shape index (κ3) is 4.43. The molecule has 2 aromatic carbocycles. The molecule has 1 aliphatic rings. The number of hydrogen-bond acceptors (Lipinski definition) is 3. The molecule has 4 rings (SSSR count). The van der Waals surface area contributed by atoms with E-state index in [0.717, 1.165) is 11.3 Å². The molecular formula is C24H24ClFN2O4. The minimum atomic E-state index is -0.912. The zero-order chi connectivity index (χ0) is 22.8. The van der Waals surface area contributed by atoms with Crippen molar-refractivity contribution in [2.75, 3.05) is 6.61 Å². The Balaban J connectivity index is 1.54. The van der Waals surface area contributed by atoms with Crippen LogP contribution in [0.2, 0.25) is 5.02 Å². The summed E-state index contributed by atoms with van der Waals surface area (Å²) in [6.45, 7) is 1.68. The molecule has 1 aromatic heterocycles. The van der Waals surface area contributed by atoms with Gasteiger partial charge in [0.15, 0.2) is 6.61 Å². The number of carbonyl (C=O) groups is 2. The van der Waals surface area contributed by atoms with Crippen LogP contribution in [-0.4, -0.2) is 34.2 Å². The first-order chi connectivity index (χ1) is 15.4. The van der Waals surface area contributed by atoms with Gasteiger partial charge in [0, 0.05) is 27.7 Å². The van der Waals surface area contributed by atoms with E-state index in [0.29, 0.717) is 47.4 Å². The third-order valence-electron chi connectivity index (χ3n) is 5.88. The van der Waals surface area contributed by atoms with Crippen molar-refractivity contribution in [1.29, 1.82) is 0 Å². The number of carboxylic acid groups (broad SMARTS) is 1. The van der Waals surface area contributed by atoms with E-state index in [1.54, 1.807) is 30.3 Å². The van der Waals surface area contributed by atoms with Crippen molar-refractivity contribution in [3.8, 4) is 5.75 Å². The molecule has 3 aromatic rings. The molecule has 0 fully saturated rings. The molecule has 1 heterocycles. The summed E-state index contributed by atoms with van der Waals surface area (Å²) in [7, 11) is 0. The Hall–Kier alpha value is -3.06. The maximum absolute atomic E-state index is 14.0. The van der Waals surface area contributed by atoms with E-state index in [9.17, 15) is 19.1 Å². The monoisotopic (exact) mass is 458 g/mol. The molecule has 2 unspecified atom stereocenters. The minimum absolute atomic E-state index is 0.142. The number of carbonyl (C=O) groups excluding carboxylic acids is 1. The predicted molar refractivity (Wildman–Crippen MR) is 120 cm³/mol. The van der Waals surface area contributed by atoms with Gasteiger partial charge in [0.05, 0.1) is 0 Å². The number of nitrogens with zero attached hydrogens (tertiary/aromatic N) is 1.